The van der Waals surface area contributed by atoms with Gasteiger partial charge in [0.25, 0.3) is 0 Å². The Morgan fingerprint density at radius 3 is 2.78 bits per heavy atom. The lowest BCUT2D eigenvalue weighted by molar-refractivity contribution is 0.148. The van der Waals surface area contributed by atoms with Gasteiger partial charge in [-0.25, -0.2) is 0 Å². The molecule has 1 heterocycles. The van der Waals surface area contributed by atoms with Crippen molar-refractivity contribution in [3.05, 3.63) is 0 Å². The highest BCUT2D eigenvalue weighted by atomic mass is 16.5. The number of hydrogen-bond acceptors (Lipinski definition) is 3. The predicted octanol–water partition coefficient (Wildman–Crippen LogP) is 1.98. The van der Waals surface area contributed by atoms with E-state index in [2.05, 4.69) is 31.1 Å². The molecule has 106 valence electrons. The molecule has 0 aromatic carbocycles. The molecule has 0 aromatic rings. The Balaban J connectivity index is 1.84. The Hall–Kier alpha value is -0.120. The first-order valence-corrected chi connectivity index (χ1v) is 7.45. The van der Waals surface area contributed by atoms with Gasteiger partial charge in [-0.1, -0.05) is 13.8 Å². The fourth-order valence-electron chi connectivity index (χ4n) is 4.12. The van der Waals surface area contributed by atoms with E-state index in [4.69, 9.17) is 4.74 Å². The molecule has 1 saturated heterocycles. The molecule has 1 aliphatic heterocycles. The maximum Gasteiger partial charge on any atom is 0.0503 e. The summed E-state index contributed by atoms with van der Waals surface area (Å²) in [5.41, 5.74) is 0.463. The van der Waals surface area contributed by atoms with Crippen LogP contribution in [-0.4, -0.2) is 51.3 Å². The second-order valence-corrected chi connectivity index (χ2v) is 6.92. The summed E-state index contributed by atoms with van der Waals surface area (Å²) in [4.78, 5) is 2.65. The van der Waals surface area contributed by atoms with Crippen LogP contribution in [0.25, 0.3) is 0 Å². The van der Waals surface area contributed by atoms with Gasteiger partial charge in [0.15, 0.2) is 0 Å². The second kappa shape index (κ2) is 5.89. The van der Waals surface area contributed by atoms with Crippen molar-refractivity contribution in [2.45, 2.75) is 39.2 Å². The number of nitrogens with zero attached hydrogens (tertiary/aromatic N) is 1. The van der Waals surface area contributed by atoms with Crippen LogP contribution in [0.15, 0.2) is 0 Å². The molecule has 0 radical (unpaired) electrons. The first-order valence-electron chi connectivity index (χ1n) is 7.45. The van der Waals surface area contributed by atoms with E-state index in [1.807, 2.05) is 7.11 Å². The van der Waals surface area contributed by atoms with Crippen LogP contribution in [0.5, 0.6) is 0 Å². The molecule has 0 bridgehead atoms. The summed E-state index contributed by atoms with van der Waals surface area (Å²) < 4.78 is 5.28. The Kier molecular flexibility index (Phi) is 4.68. The summed E-state index contributed by atoms with van der Waals surface area (Å²) in [5.74, 6) is 1.59. The topological polar surface area (TPSA) is 24.5 Å². The third kappa shape index (κ3) is 3.06. The molecule has 0 spiro atoms. The van der Waals surface area contributed by atoms with Gasteiger partial charge in [-0.05, 0) is 50.1 Å². The number of rotatable bonds is 5. The molecule has 1 saturated carbocycles. The molecule has 2 fully saturated rings. The molecule has 1 N–H and O–H groups in total. The number of methoxy groups -OCH3 is 1. The second-order valence-electron chi connectivity index (χ2n) is 6.92. The van der Waals surface area contributed by atoms with Crippen LogP contribution in [0.2, 0.25) is 0 Å². The third-order valence-electron chi connectivity index (χ3n) is 5.05. The summed E-state index contributed by atoms with van der Waals surface area (Å²) in [6, 6.07) is 0.680. The minimum atomic E-state index is 0.463. The average Bonchev–Trinajstić information content (AvgIpc) is 2.85. The van der Waals surface area contributed by atoms with Crippen molar-refractivity contribution in [3.63, 3.8) is 0 Å². The predicted molar refractivity (Wildman–Crippen MR) is 75.8 cm³/mol. The largest absolute Gasteiger partial charge is 0.384 e. The maximum atomic E-state index is 5.28. The van der Waals surface area contributed by atoms with Crippen LogP contribution in [0.1, 0.15) is 33.1 Å². The van der Waals surface area contributed by atoms with E-state index in [1.54, 1.807) is 0 Å². The van der Waals surface area contributed by atoms with E-state index < -0.39 is 0 Å². The summed E-state index contributed by atoms with van der Waals surface area (Å²) in [7, 11) is 3.95. The quantitative estimate of drug-likeness (QED) is 0.812. The molecule has 0 amide bonds. The van der Waals surface area contributed by atoms with Crippen LogP contribution in [0, 0.1) is 17.3 Å². The van der Waals surface area contributed by atoms with Crippen LogP contribution < -0.4 is 5.32 Å². The first-order chi connectivity index (χ1) is 8.56. The van der Waals surface area contributed by atoms with Crippen LogP contribution in [0.3, 0.4) is 0 Å². The minimum absolute atomic E-state index is 0.463. The van der Waals surface area contributed by atoms with Crippen LogP contribution in [0.4, 0.5) is 0 Å². The lowest BCUT2D eigenvalue weighted by atomic mass is 9.85. The van der Waals surface area contributed by atoms with Crippen molar-refractivity contribution < 1.29 is 4.74 Å². The number of hydrogen-bond donors (Lipinski definition) is 1. The standard InChI is InChI=1S/C15H30N2O/c1-15(2)7-5-13(14(15)16-3)10-17-8-6-12(9-17)11-18-4/h12-14,16H,5-11H2,1-4H3. The number of likely N-dealkylation sites (tertiary alicyclic amines) is 1. The van der Waals surface area contributed by atoms with E-state index in [1.165, 1.54) is 38.9 Å². The van der Waals surface area contributed by atoms with Crippen molar-refractivity contribution in [3.8, 4) is 0 Å². The van der Waals surface area contributed by atoms with E-state index in [0.29, 0.717) is 11.5 Å². The molecular formula is C15H30N2O. The first kappa shape index (κ1) is 14.3. The van der Waals surface area contributed by atoms with E-state index in [-0.39, 0.29) is 0 Å². The highest BCUT2D eigenvalue weighted by Gasteiger charge is 2.41. The highest BCUT2D eigenvalue weighted by molar-refractivity contribution is 4.97. The van der Waals surface area contributed by atoms with Crippen molar-refractivity contribution in [2.75, 3.05) is 40.4 Å². The molecule has 1 aliphatic carbocycles. The molecule has 2 rings (SSSR count). The van der Waals surface area contributed by atoms with Gasteiger partial charge in [-0.2, -0.15) is 0 Å². The highest BCUT2D eigenvalue weighted by Crippen LogP contribution is 2.41. The lowest BCUT2D eigenvalue weighted by Crippen LogP contribution is -2.43. The Labute approximate surface area is 112 Å². The van der Waals surface area contributed by atoms with Crippen molar-refractivity contribution >= 4 is 0 Å². The molecule has 3 unspecified atom stereocenters. The molecule has 0 aromatic heterocycles. The van der Waals surface area contributed by atoms with Gasteiger partial charge in [-0.3, -0.25) is 0 Å². The third-order valence-corrected chi connectivity index (χ3v) is 5.05. The Morgan fingerprint density at radius 1 is 1.33 bits per heavy atom. The maximum absolute atomic E-state index is 5.28. The summed E-state index contributed by atoms with van der Waals surface area (Å²) in [6.07, 6.45) is 4.05. The summed E-state index contributed by atoms with van der Waals surface area (Å²) >= 11 is 0. The zero-order valence-corrected chi connectivity index (χ0v) is 12.5. The van der Waals surface area contributed by atoms with Crippen molar-refractivity contribution in [1.82, 2.24) is 10.2 Å². The normalized spacial score (nSPS) is 36.3. The SMILES string of the molecule is CNC1C(CN2CCC(COC)C2)CCC1(C)C. The van der Waals surface area contributed by atoms with Gasteiger partial charge in [0.2, 0.25) is 0 Å². The van der Waals surface area contributed by atoms with Gasteiger partial charge in [0.05, 0.1) is 6.61 Å². The van der Waals surface area contributed by atoms with Gasteiger partial charge in [0.1, 0.15) is 0 Å². The van der Waals surface area contributed by atoms with E-state index in [0.717, 1.165) is 18.4 Å². The van der Waals surface area contributed by atoms with Gasteiger partial charge in [0, 0.05) is 26.2 Å². The lowest BCUT2D eigenvalue weighted by Gasteiger charge is -2.32. The zero-order chi connectivity index (χ0) is 13.2. The molecule has 18 heavy (non-hydrogen) atoms. The fraction of sp³-hybridized carbons (Fsp3) is 1.00. The van der Waals surface area contributed by atoms with Crippen LogP contribution >= 0.6 is 0 Å². The van der Waals surface area contributed by atoms with Gasteiger partial charge in [-0.15, -0.1) is 0 Å². The monoisotopic (exact) mass is 254 g/mol. The molecule has 3 atom stereocenters. The zero-order valence-electron chi connectivity index (χ0n) is 12.5. The van der Waals surface area contributed by atoms with Crippen molar-refractivity contribution in [1.29, 1.82) is 0 Å². The van der Waals surface area contributed by atoms with Gasteiger partial charge < -0.3 is 15.0 Å². The van der Waals surface area contributed by atoms with E-state index in [9.17, 15) is 0 Å². The van der Waals surface area contributed by atoms with E-state index >= 15 is 0 Å². The average molecular weight is 254 g/mol. The van der Waals surface area contributed by atoms with Crippen molar-refractivity contribution in [2.24, 2.45) is 17.3 Å². The summed E-state index contributed by atoms with van der Waals surface area (Å²) in [5, 5.41) is 3.56. The Bertz CT molecular complexity index is 267. The molecular weight excluding hydrogens is 224 g/mol. The smallest absolute Gasteiger partial charge is 0.0503 e. The minimum Gasteiger partial charge on any atom is -0.384 e. The molecule has 2 aliphatic rings. The fourth-order valence-corrected chi connectivity index (χ4v) is 4.12. The number of nitrogens with one attached hydrogen (secondary N) is 1. The Morgan fingerprint density at radius 2 is 2.11 bits per heavy atom. The number of ether oxygens (including phenoxy) is 1. The van der Waals surface area contributed by atoms with Gasteiger partial charge >= 0.3 is 0 Å². The molecule has 3 heteroatoms. The summed E-state index contributed by atoms with van der Waals surface area (Å²) in [6.45, 7) is 9.53. The van der Waals surface area contributed by atoms with Crippen LogP contribution in [-0.2, 0) is 4.74 Å². The molecule has 3 nitrogen and oxygen atoms in total.